The molecule has 3 rings (SSSR count). The molecular weight excluding hydrogens is 262 g/mol. The van der Waals surface area contributed by atoms with E-state index in [2.05, 4.69) is 9.88 Å². The number of nitrogens with zero attached hydrogens (tertiary/aromatic N) is 2. The standard InChI is InChI=1S/C17H25N3O/c1-13-7-10-19-16(18)14(13)15(21)17(8-3-4-9-17)20-11-5-2-6-12-20/h7,10H,2-6,8-9,11-12H2,1H3,(H2,18,19). The number of carbonyl (C=O) groups is 1. The highest BCUT2D eigenvalue weighted by Gasteiger charge is 2.47. The quantitative estimate of drug-likeness (QED) is 0.868. The number of rotatable bonds is 3. The van der Waals surface area contributed by atoms with E-state index >= 15 is 0 Å². The highest BCUT2D eigenvalue weighted by Crippen LogP contribution is 2.40. The Hall–Kier alpha value is -1.42. The highest BCUT2D eigenvalue weighted by atomic mass is 16.1. The first-order valence-electron chi connectivity index (χ1n) is 8.16. The number of hydrogen-bond acceptors (Lipinski definition) is 4. The number of aryl methyl sites for hydroxylation is 1. The Morgan fingerprint density at radius 3 is 2.48 bits per heavy atom. The van der Waals surface area contributed by atoms with Crippen LogP contribution in [0, 0.1) is 6.92 Å². The number of pyridine rings is 1. The van der Waals surface area contributed by atoms with Gasteiger partial charge in [0.2, 0.25) is 0 Å². The molecule has 0 radical (unpaired) electrons. The summed E-state index contributed by atoms with van der Waals surface area (Å²) in [6.07, 6.45) is 9.60. The van der Waals surface area contributed by atoms with Crippen molar-refractivity contribution in [2.45, 2.75) is 57.4 Å². The second kappa shape index (κ2) is 5.76. The maximum Gasteiger partial charge on any atom is 0.187 e. The number of carbonyl (C=O) groups excluding carboxylic acids is 1. The molecule has 1 saturated heterocycles. The van der Waals surface area contributed by atoms with E-state index in [0.717, 1.165) is 44.3 Å². The number of nitrogen functional groups attached to an aromatic ring is 1. The lowest BCUT2D eigenvalue weighted by Gasteiger charge is -2.42. The summed E-state index contributed by atoms with van der Waals surface area (Å²) < 4.78 is 0. The predicted molar refractivity (Wildman–Crippen MR) is 84.3 cm³/mol. The van der Waals surface area contributed by atoms with E-state index in [9.17, 15) is 4.79 Å². The number of anilines is 1. The van der Waals surface area contributed by atoms with Crippen molar-refractivity contribution in [1.29, 1.82) is 0 Å². The second-order valence-corrected chi connectivity index (χ2v) is 6.50. The van der Waals surface area contributed by atoms with Crippen molar-refractivity contribution in [3.63, 3.8) is 0 Å². The monoisotopic (exact) mass is 287 g/mol. The van der Waals surface area contributed by atoms with Crippen LogP contribution in [0.4, 0.5) is 5.82 Å². The van der Waals surface area contributed by atoms with Crippen LogP contribution in [-0.2, 0) is 0 Å². The molecule has 0 amide bonds. The maximum atomic E-state index is 13.3. The van der Waals surface area contributed by atoms with Gasteiger partial charge in [0.15, 0.2) is 5.78 Å². The molecule has 1 aliphatic carbocycles. The minimum absolute atomic E-state index is 0.213. The van der Waals surface area contributed by atoms with Gasteiger partial charge in [-0.1, -0.05) is 19.3 Å². The number of piperidine rings is 1. The molecule has 0 bridgehead atoms. The average molecular weight is 287 g/mol. The molecule has 1 aliphatic heterocycles. The van der Waals surface area contributed by atoms with Gasteiger partial charge < -0.3 is 5.73 Å². The van der Waals surface area contributed by atoms with Gasteiger partial charge >= 0.3 is 0 Å². The van der Waals surface area contributed by atoms with E-state index in [1.807, 2.05) is 13.0 Å². The first kappa shape index (κ1) is 14.5. The average Bonchev–Trinajstić information content (AvgIpc) is 2.98. The van der Waals surface area contributed by atoms with Crippen LogP contribution in [0.15, 0.2) is 12.3 Å². The molecule has 0 unspecified atom stereocenters. The largest absolute Gasteiger partial charge is 0.383 e. The van der Waals surface area contributed by atoms with Crippen molar-refractivity contribution in [2.24, 2.45) is 0 Å². The maximum absolute atomic E-state index is 13.3. The summed E-state index contributed by atoms with van der Waals surface area (Å²) in [6.45, 7) is 4.06. The van der Waals surface area contributed by atoms with Gasteiger partial charge in [-0.25, -0.2) is 4.98 Å². The van der Waals surface area contributed by atoms with Crippen molar-refractivity contribution in [3.8, 4) is 0 Å². The van der Waals surface area contributed by atoms with E-state index in [-0.39, 0.29) is 11.3 Å². The van der Waals surface area contributed by atoms with Crippen molar-refractivity contribution in [3.05, 3.63) is 23.4 Å². The fourth-order valence-corrected chi connectivity index (χ4v) is 4.08. The highest BCUT2D eigenvalue weighted by molar-refractivity contribution is 6.07. The summed E-state index contributed by atoms with van der Waals surface area (Å²) >= 11 is 0. The molecular formula is C17H25N3O. The molecule has 2 heterocycles. The molecule has 1 aromatic rings. The molecule has 21 heavy (non-hydrogen) atoms. The van der Waals surface area contributed by atoms with Crippen LogP contribution in [0.2, 0.25) is 0 Å². The molecule has 4 nitrogen and oxygen atoms in total. The van der Waals surface area contributed by atoms with Crippen molar-refractivity contribution < 1.29 is 4.79 Å². The van der Waals surface area contributed by atoms with Gasteiger partial charge in [0.25, 0.3) is 0 Å². The van der Waals surface area contributed by atoms with Crippen LogP contribution in [0.3, 0.4) is 0 Å². The fraction of sp³-hybridized carbons (Fsp3) is 0.647. The molecule has 4 heteroatoms. The number of likely N-dealkylation sites (tertiary alicyclic amines) is 1. The summed E-state index contributed by atoms with van der Waals surface area (Å²) in [5, 5.41) is 0. The Morgan fingerprint density at radius 1 is 1.19 bits per heavy atom. The van der Waals surface area contributed by atoms with Crippen LogP contribution in [0.25, 0.3) is 0 Å². The third kappa shape index (κ3) is 2.46. The molecule has 0 aromatic carbocycles. The van der Waals surface area contributed by atoms with E-state index in [1.165, 1.54) is 19.3 Å². The molecule has 114 valence electrons. The second-order valence-electron chi connectivity index (χ2n) is 6.50. The summed E-state index contributed by atoms with van der Waals surface area (Å²) in [5.41, 5.74) is 7.32. The van der Waals surface area contributed by atoms with Gasteiger partial charge in [0.1, 0.15) is 5.82 Å². The zero-order valence-electron chi connectivity index (χ0n) is 12.9. The van der Waals surface area contributed by atoms with Gasteiger partial charge in [-0.3, -0.25) is 9.69 Å². The number of nitrogens with two attached hydrogens (primary N) is 1. The van der Waals surface area contributed by atoms with Gasteiger partial charge in [-0.15, -0.1) is 0 Å². The topological polar surface area (TPSA) is 59.2 Å². The SMILES string of the molecule is Cc1ccnc(N)c1C(=O)C1(N2CCCCC2)CCCC1. The van der Waals surface area contributed by atoms with E-state index in [4.69, 9.17) is 5.73 Å². The van der Waals surface area contributed by atoms with E-state index in [0.29, 0.717) is 11.4 Å². The van der Waals surface area contributed by atoms with Gasteiger partial charge in [-0.2, -0.15) is 0 Å². The molecule has 1 aromatic heterocycles. The Kier molecular flexibility index (Phi) is 3.98. The van der Waals surface area contributed by atoms with E-state index < -0.39 is 0 Å². The zero-order chi connectivity index (χ0) is 14.9. The lowest BCUT2D eigenvalue weighted by Crippen LogP contribution is -2.54. The minimum Gasteiger partial charge on any atom is -0.383 e. The predicted octanol–water partition coefficient (Wildman–Crippen LogP) is 2.95. The summed E-state index contributed by atoms with van der Waals surface area (Å²) in [4.78, 5) is 19.9. The Labute approximate surface area is 126 Å². The van der Waals surface area contributed by atoms with Crippen LogP contribution in [0.5, 0.6) is 0 Å². The van der Waals surface area contributed by atoms with Crippen LogP contribution in [-0.4, -0.2) is 34.3 Å². The lowest BCUT2D eigenvalue weighted by atomic mass is 9.83. The lowest BCUT2D eigenvalue weighted by molar-refractivity contribution is 0.0477. The normalized spacial score (nSPS) is 22.3. The van der Waals surface area contributed by atoms with Gasteiger partial charge in [0, 0.05) is 6.20 Å². The molecule has 0 atom stereocenters. The Bertz CT molecular complexity index is 509. The van der Waals surface area contributed by atoms with Crippen molar-refractivity contribution >= 4 is 11.6 Å². The molecule has 2 fully saturated rings. The molecule has 1 saturated carbocycles. The Morgan fingerprint density at radius 2 is 1.86 bits per heavy atom. The first-order chi connectivity index (χ1) is 10.1. The minimum atomic E-state index is -0.317. The smallest absolute Gasteiger partial charge is 0.187 e. The third-order valence-corrected chi connectivity index (χ3v) is 5.23. The summed E-state index contributed by atoms with van der Waals surface area (Å²) in [7, 11) is 0. The van der Waals surface area contributed by atoms with Gasteiger partial charge in [-0.05, 0) is 57.3 Å². The van der Waals surface area contributed by atoms with Crippen LogP contribution < -0.4 is 5.73 Å². The number of Topliss-reactive ketones (excluding diaryl/α,β-unsaturated/α-hetero) is 1. The van der Waals surface area contributed by atoms with Crippen molar-refractivity contribution in [1.82, 2.24) is 9.88 Å². The summed E-state index contributed by atoms with van der Waals surface area (Å²) in [6, 6.07) is 1.89. The molecule has 2 aliphatic rings. The van der Waals surface area contributed by atoms with Crippen LogP contribution >= 0.6 is 0 Å². The van der Waals surface area contributed by atoms with Gasteiger partial charge in [0.05, 0.1) is 11.1 Å². The first-order valence-corrected chi connectivity index (χ1v) is 8.16. The van der Waals surface area contributed by atoms with Crippen LogP contribution in [0.1, 0.15) is 60.9 Å². The number of ketones is 1. The molecule has 0 spiro atoms. The molecule has 2 N–H and O–H groups in total. The number of aromatic nitrogens is 1. The fourth-order valence-electron chi connectivity index (χ4n) is 4.08. The Balaban J connectivity index is 1.99. The summed E-state index contributed by atoms with van der Waals surface area (Å²) in [5.74, 6) is 0.605. The van der Waals surface area contributed by atoms with Crippen molar-refractivity contribution in [2.75, 3.05) is 18.8 Å². The number of hydrogen-bond donors (Lipinski definition) is 1. The zero-order valence-corrected chi connectivity index (χ0v) is 12.9. The van der Waals surface area contributed by atoms with E-state index in [1.54, 1.807) is 6.20 Å². The third-order valence-electron chi connectivity index (χ3n) is 5.23.